The van der Waals surface area contributed by atoms with E-state index in [9.17, 15) is 9.18 Å². The lowest BCUT2D eigenvalue weighted by atomic mass is 10.0. The van der Waals surface area contributed by atoms with Gasteiger partial charge in [-0.05, 0) is 66.6 Å². The summed E-state index contributed by atoms with van der Waals surface area (Å²) in [5.41, 5.74) is 4.47. The number of rotatable bonds is 7. The van der Waals surface area contributed by atoms with Gasteiger partial charge in [0.05, 0.1) is 18.6 Å². The fourth-order valence-corrected chi connectivity index (χ4v) is 3.92. The molecule has 1 amide bonds. The first-order valence-corrected chi connectivity index (χ1v) is 10.2. The second-order valence-electron chi connectivity index (χ2n) is 7.01. The van der Waals surface area contributed by atoms with Crippen LogP contribution in [0.3, 0.4) is 0 Å². The predicted molar refractivity (Wildman–Crippen MR) is 113 cm³/mol. The third-order valence-corrected chi connectivity index (χ3v) is 5.84. The lowest BCUT2D eigenvalue weighted by Crippen LogP contribution is -2.37. The van der Waals surface area contributed by atoms with E-state index in [4.69, 9.17) is 0 Å². The van der Waals surface area contributed by atoms with Crippen molar-refractivity contribution < 1.29 is 9.18 Å². The summed E-state index contributed by atoms with van der Waals surface area (Å²) in [6.45, 7) is 6.31. The highest BCUT2D eigenvalue weighted by atomic mass is 32.1. The van der Waals surface area contributed by atoms with Crippen LogP contribution in [0.2, 0.25) is 0 Å². The Morgan fingerprint density at radius 2 is 1.75 bits per heavy atom. The molecule has 28 heavy (non-hydrogen) atoms. The molecule has 5 heteroatoms. The second kappa shape index (κ2) is 9.13. The third kappa shape index (κ3) is 5.06. The van der Waals surface area contributed by atoms with E-state index in [0.29, 0.717) is 0 Å². The number of hydrogen-bond donors (Lipinski definition) is 2. The number of amides is 1. The molecule has 0 radical (unpaired) electrons. The van der Waals surface area contributed by atoms with Crippen LogP contribution >= 0.6 is 11.3 Å². The zero-order chi connectivity index (χ0) is 20.1. The van der Waals surface area contributed by atoms with Gasteiger partial charge in [-0.15, -0.1) is 11.3 Å². The van der Waals surface area contributed by atoms with E-state index < -0.39 is 0 Å². The van der Waals surface area contributed by atoms with Crippen molar-refractivity contribution in [3.63, 3.8) is 0 Å². The summed E-state index contributed by atoms with van der Waals surface area (Å²) in [6, 6.07) is 16.4. The van der Waals surface area contributed by atoms with Gasteiger partial charge in [0, 0.05) is 4.88 Å². The van der Waals surface area contributed by atoms with Crippen LogP contribution in [0.4, 0.5) is 4.39 Å². The van der Waals surface area contributed by atoms with Crippen molar-refractivity contribution in [2.45, 2.75) is 32.9 Å². The summed E-state index contributed by atoms with van der Waals surface area (Å²) < 4.78 is 13.3. The molecule has 0 spiro atoms. The Morgan fingerprint density at radius 1 is 1.04 bits per heavy atom. The maximum absolute atomic E-state index is 13.3. The molecular weight excluding hydrogens is 371 g/mol. The lowest BCUT2D eigenvalue weighted by Gasteiger charge is -2.20. The molecule has 1 heterocycles. The van der Waals surface area contributed by atoms with E-state index >= 15 is 0 Å². The number of benzene rings is 2. The minimum absolute atomic E-state index is 0.0698. The highest BCUT2D eigenvalue weighted by Crippen LogP contribution is 2.26. The van der Waals surface area contributed by atoms with Gasteiger partial charge in [-0.2, -0.15) is 0 Å². The third-order valence-electron chi connectivity index (χ3n) is 4.91. The summed E-state index contributed by atoms with van der Waals surface area (Å²) in [6.07, 6.45) is 0. The van der Waals surface area contributed by atoms with Gasteiger partial charge in [-0.25, -0.2) is 4.39 Å². The summed E-state index contributed by atoms with van der Waals surface area (Å²) in [5.74, 6) is -0.344. The van der Waals surface area contributed by atoms with Crippen molar-refractivity contribution in [1.82, 2.24) is 10.6 Å². The Bertz CT molecular complexity index is 922. The Kier molecular flexibility index (Phi) is 6.60. The minimum Gasteiger partial charge on any atom is -0.348 e. The predicted octanol–water partition coefficient (Wildman–Crippen LogP) is 5.06. The topological polar surface area (TPSA) is 41.1 Å². The van der Waals surface area contributed by atoms with Gasteiger partial charge in [-0.1, -0.05) is 36.4 Å². The first kappa shape index (κ1) is 20.2. The summed E-state index contributed by atoms with van der Waals surface area (Å²) in [7, 11) is 0. The van der Waals surface area contributed by atoms with Crippen molar-refractivity contribution in [2.24, 2.45) is 0 Å². The first-order chi connectivity index (χ1) is 13.4. The molecule has 0 aliphatic carbocycles. The van der Waals surface area contributed by atoms with E-state index in [-0.39, 0.29) is 30.4 Å². The molecular formula is C23H25FN2OS. The van der Waals surface area contributed by atoms with Gasteiger partial charge in [0.25, 0.3) is 0 Å². The molecule has 0 bridgehead atoms. The van der Waals surface area contributed by atoms with Gasteiger partial charge >= 0.3 is 0 Å². The Balaban J connectivity index is 1.65. The maximum atomic E-state index is 13.3. The average Bonchev–Trinajstić information content (AvgIpc) is 3.20. The van der Waals surface area contributed by atoms with Crippen LogP contribution in [-0.4, -0.2) is 12.5 Å². The smallest absolute Gasteiger partial charge is 0.234 e. The number of nitrogens with one attached hydrogen (secondary N) is 2. The summed E-state index contributed by atoms with van der Waals surface area (Å²) in [5, 5.41) is 8.35. The van der Waals surface area contributed by atoms with Gasteiger partial charge in [0.15, 0.2) is 0 Å². The zero-order valence-corrected chi connectivity index (χ0v) is 17.1. The van der Waals surface area contributed by atoms with Crippen LogP contribution in [0.25, 0.3) is 0 Å². The van der Waals surface area contributed by atoms with E-state index in [0.717, 1.165) is 16.0 Å². The van der Waals surface area contributed by atoms with Gasteiger partial charge in [0.1, 0.15) is 5.82 Å². The fourth-order valence-electron chi connectivity index (χ4n) is 3.10. The molecule has 2 N–H and O–H groups in total. The SMILES string of the molecule is Cc1ccc(C(C)NC(=O)CNC(c2ccc(F)cc2)c2cccs2)cc1C. The van der Waals surface area contributed by atoms with E-state index in [1.54, 1.807) is 23.5 Å². The van der Waals surface area contributed by atoms with Gasteiger partial charge in [0.2, 0.25) is 5.91 Å². The number of carbonyl (C=O) groups excluding carboxylic acids is 1. The average molecular weight is 397 g/mol. The molecule has 1 aromatic heterocycles. The highest BCUT2D eigenvalue weighted by molar-refractivity contribution is 7.10. The normalized spacial score (nSPS) is 13.1. The largest absolute Gasteiger partial charge is 0.348 e. The Hall–Kier alpha value is -2.50. The lowest BCUT2D eigenvalue weighted by molar-refractivity contribution is -0.121. The van der Waals surface area contributed by atoms with E-state index in [1.165, 1.54) is 23.3 Å². The second-order valence-corrected chi connectivity index (χ2v) is 7.99. The van der Waals surface area contributed by atoms with Crippen LogP contribution in [-0.2, 0) is 4.79 Å². The molecule has 3 rings (SSSR count). The van der Waals surface area contributed by atoms with Crippen molar-refractivity contribution >= 4 is 17.2 Å². The Labute approximate surface area is 169 Å². The van der Waals surface area contributed by atoms with Gasteiger partial charge < -0.3 is 5.32 Å². The maximum Gasteiger partial charge on any atom is 0.234 e. The molecule has 2 unspecified atom stereocenters. The summed E-state index contributed by atoms with van der Waals surface area (Å²) in [4.78, 5) is 13.6. The number of hydrogen-bond acceptors (Lipinski definition) is 3. The van der Waals surface area contributed by atoms with Gasteiger partial charge in [-0.3, -0.25) is 10.1 Å². The van der Waals surface area contributed by atoms with Crippen molar-refractivity contribution in [3.8, 4) is 0 Å². The molecule has 3 aromatic rings. The number of halogens is 1. The van der Waals surface area contributed by atoms with Crippen LogP contribution in [0, 0.1) is 19.7 Å². The Morgan fingerprint density at radius 3 is 2.39 bits per heavy atom. The van der Waals surface area contributed by atoms with Crippen LogP contribution in [0.15, 0.2) is 60.0 Å². The molecule has 0 aliphatic heterocycles. The molecule has 146 valence electrons. The molecule has 2 atom stereocenters. The molecule has 0 saturated heterocycles. The number of carbonyl (C=O) groups is 1. The molecule has 0 aliphatic rings. The van der Waals surface area contributed by atoms with Crippen molar-refractivity contribution in [3.05, 3.63) is 92.9 Å². The highest BCUT2D eigenvalue weighted by Gasteiger charge is 2.17. The van der Waals surface area contributed by atoms with Crippen LogP contribution in [0.5, 0.6) is 0 Å². The molecule has 0 fully saturated rings. The zero-order valence-electron chi connectivity index (χ0n) is 16.3. The van der Waals surface area contributed by atoms with Crippen LogP contribution in [0.1, 0.15) is 46.1 Å². The minimum atomic E-state index is -0.270. The van der Waals surface area contributed by atoms with E-state index in [2.05, 4.69) is 36.6 Å². The van der Waals surface area contributed by atoms with Crippen LogP contribution < -0.4 is 10.6 Å². The summed E-state index contributed by atoms with van der Waals surface area (Å²) >= 11 is 1.61. The van der Waals surface area contributed by atoms with E-state index in [1.807, 2.05) is 30.5 Å². The monoisotopic (exact) mass is 396 g/mol. The quantitative estimate of drug-likeness (QED) is 0.586. The first-order valence-electron chi connectivity index (χ1n) is 9.33. The van der Waals surface area contributed by atoms with Crippen molar-refractivity contribution in [1.29, 1.82) is 0 Å². The standard InChI is InChI=1S/C23H25FN2OS/c1-15-6-7-19(13-16(15)2)17(3)26-22(27)14-25-23(21-5-4-12-28-21)18-8-10-20(24)11-9-18/h4-13,17,23,25H,14H2,1-3H3,(H,26,27). The molecule has 0 saturated carbocycles. The number of aryl methyl sites for hydroxylation is 2. The molecule has 2 aromatic carbocycles. The number of thiophene rings is 1. The fraction of sp³-hybridized carbons (Fsp3) is 0.261. The van der Waals surface area contributed by atoms with Crippen molar-refractivity contribution in [2.75, 3.05) is 6.54 Å². The molecule has 3 nitrogen and oxygen atoms in total.